The smallest absolute Gasteiger partial charge is 0.255 e. The predicted octanol–water partition coefficient (Wildman–Crippen LogP) is 1.65. The van der Waals surface area contributed by atoms with Gasteiger partial charge in [0.1, 0.15) is 0 Å². The van der Waals surface area contributed by atoms with Gasteiger partial charge in [0.15, 0.2) is 0 Å². The monoisotopic (exact) mass is 320 g/mol. The number of ether oxygens (including phenoxy) is 1. The molecule has 0 aromatic carbocycles. The normalized spacial score (nSPS) is 30.9. The Balaban J connectivity index is 1.50. The number of thiophene rings is 1. The molecule has 0 spiro atoms. The van der Waals surface area contributed by atoms with Crippen LogP contribution in [0.1, 0.15) is 36.0 Å². The van der Waals surface area contributed by atoms with Crippen LogP contribution in [0.2, 0.25) is 0 Å². The van der Waals surface area contributed by atoms with Crippen molar-refractivity contribution < 1.29 is 14.3 Å². The lowest BCUT2D eigenvalue weighted by Crippen LogP contribution is -2.45. The van der Waals surface area contributed by atoms with Crippen LogP contribution in [-0.4, -0.2) is 48.1 Å². The first kappa shape index (κ1) is 14.2. The average Bonchev–Trinajstić information content (AvgIpc) is 3.17. The van der Waals surface area contributed by atoms with E-state index in [1.165, 1.54) is 17.8 Å². The summed E-state index contributed by atoms with van der Waals surface area (Å²) in [5.74, 6) is -0.140. The van der Waals surface area contributed by atoms with Crippen LogP contribution < -0.4 is 5.32 Å². The van der Waals surface area contributed by atoms with Gasteiger partial charge in [0.2, 0.25) is 5.91 Å². The summed E-state index contributed by atoms with van der Waals surface area (Å²) in [7, 11) is 0. The number of hydrogen-bond donors (Lipinski definition) is 1. The molecule has 3 fully saturated rings. The van der Waals surface area contributed by atoms with E-state index in [-0.39, 0.29) is 29.9 Å². The van der Waals surface area contributed by atoms with Gasteiger partial charge in [-0.3, -0.25) is 9.59 Å². The van der Waals surface area contributed by atoms with Gasteiger partial charge in [-0.05, 0) is 37.1 Å². The van der Waals surface area contributed by atoms with E-state index in [0.29, 0.717) is 19.2 Å². The molecule has 2 saturated heterocycles. The zero-order chi connectivity index (χ0) is 15.1. The third-order valence-corrected chi connectivity index (χ3v) is 5.79. The van der Waals surface area contributed by atoms with Crippen molar-refractivity contribution in [2.45, 2.75) is 43.9 Å². The van der Waals surface area contributed by atoms with Crippen LogP contribution >= 0.6 is 11.3 Å². The molecule has 4 rings (SSSR count). The molecular weight excluding hydrogens is 300 g/mol. The molecule has 3 atom stereocenters. The molecule has 0 unspecified atom stereocenters. The summed E-state index contributed by atoms with van der Waals surface area (Å²) in [6, 6.07) is 2.22. The largest absolute Gasteiger partial charge is 0.375 e. The van der Waals surface area contributed by atoms with Crippen molar-refractivity contribution in [3.63, 3.8) is 0 Å². The molecular formula is C16H20N2O3S. The van der Waals surface area contributed by atoms with E-state index in [0.717, 1.165) is 24.8 Å². The number of fused-ring (bicyclic) bond motifs is 1. The molecule has 1 aromatic heterocycles. The van der Waals surface area contributed by atoms with Crippen LogP contribution in [-0.2, 0) is 9.53 Å². The standard InChI is InChI=1S/C16H20N2O3S/c19-15(17-11-2-1-3-11)12-8-18(13-4-6-21-14(12)13)16(20)10-5-7-22-9-10/h5,7,9,11-14H,1-4,6,8H2,(H,17,19)/t12-,13+,14+/m0/s1. The molecule has 3 heterocycles. The van der Waals surface area contributed by atoms with Crippen molar-refractivity contribution in [1.82, 2.24) is 10.2 Å². The van der Waals surface area contributed by atoms with Crippen molar-refractivity contribution in [1.29, 1.82) is 0 Å². The Kier molecular flexibility index (Phi) is 3.66. The number of hydrogen-bond acceptors (Lipinski definition) is 4. The average molecular weight is 320 g/mol. The molecule has 118 valence electrons. The van der Waals surface area contributed by atoms with Crippen LogP contribution in [0.3, 0.4) is 0 Å². The van der Waals surface area contributed by atoms with E-state index in [1.807, 2.05) is 21.7 Å². The van der Waals surface area contributed by atoms with Gasteiger partial charge in [-0.1, -0.05) is 0 Å². The minimum atomic E-state index is -0.226. The lowest BCUT2D eigenvalue weighted by atomic mass is 9.92. The van der Waals surface area contributed by atoms with Crippen molar-refractivity contribution in [3.05, 3.63) is 22.4 Å². The quantitative estimate of drug-likeness (QED) is 0.921. The van der Waals surface area contributed by atoms with Crippen LogP contribution in [0.4, 0.5) is 0 Å². The van der Waals surface area contributed by atoms with E-state index in [4.69, 9.17) is 4.74 Å². The Hall–Kier alpha value is -1.40. The molecule has 1 saturated carbocycles. The third kappa shape index (κ3) is 2.34. The molecule has 1 N–H and O–H groups in total. The minimum absolute atomic E-state index is 0.0284. The van der Waals surface area contributed by atoms with Gasteiger partial charge in [0.25, 0.3) is 5.91 Å². The van der Waals surface area contributed by atoms with Gasteiger partial charge in [0, 0.05) is 24.6 Å². The van der Waals surface area contributed by atoms with E-state index in [1.54, 1.807) is 0 Å². The molecule has 22 heavy (non-hydrogen) atoms. The first-order valence-corrected chi connectivity index (χ1v) is 8.93. The summed E-state index contributed by atoms with van der Waals surface area (Å²) in [5, 5.41) is 6.89. The Morgan fingerprint density at radius 1 is 1.32 bits per heavy atom. The van der Waals surface area contributed by atoms with Crippen molar-refractivity contribution in [2.75, 3.05) is 13.2 Å². The molecule has 5 nitrogen and oxygen atoms in total. The van der Waals surface area contributed by atoms with E-state index < -0.39 is 0 Å². The van der Waals surface area contributed by atoms with Crippen molar-refractivity contribution in [3.8, 4) is 0 Å². The molecule has 0 bridgehead atoms. The van der Waals surface area contributed by atoms with Crippen LogP contribution in [0, 0.1) is 5.92 Å². The maximum Gasteiger partial charge on any atom is 0.255 e. The van der Waals surface area contributed by atoms with Gasteiger partial charge >= 0.3 is 0 Å². The minimum Gasteiger partial charge on any atom is -0.375 e. The molecule has 2 aliphatic heterocycles. The number of nitrogens with one attached hydrogen (secondary N) is 1. The van der Waals surface area contributed by atoms with Gasteiger partial charge in [-0.15, -0.1) is 0 Å². The molecule has 1 aliphatic carbocycles. The number of nitrogens with zero attached hydrogens (tertiary/aromatic N) is 1. The van der Waals surface area contributed by atoms with Crippen LogP contribution in [0.25, 0.3) is 0 Å². The van der Waals surface area contributed by atoms with Crippen molar-refractivity contribution in [2.24, 2.45) is 5.92 Å². The highest BCUT2D eigenvalue weighted by atomic mass is 32.1. The summed E-state index contributed by atoms with van der Waals surface area (Å²) in [4.78, 5) is 27.0. The summed E-state index contributed by atoms with van der Waals surface area (Å²) in [6.07, 6.45) is 4.03. The maximum absolute atomic E-state index is 12.7. The lowest BCUT2D eigenvalue weighted by molar-refractivity contribution is -0.128. The SMILES string of the molecule is O=C(NC1CCC1)[C@H]1CN(C(=O)c2ccsc2)[C@@H]2CCO[C@H]12. The Labute approximate surface area is 133 Å². The van der Waals surface area contributed by atoms with Gasteiger partial charge in [0.05, 0.1) is 23.6 Å². The van der Waals surface area contributed by atoms with Crippen molar-refractivity contribution >= 4 is 23.2 Å². The summed E-state index contributed by atoms with van der Waals surface area (Å²) in [6.45, 7) is 1.11. The molecule has 6 heteroatoms. The highest BCUT2D eigenvalue weighted by Gasteiger charge is 2.50. The Morgan fingerprint density at radius 2 is 2.18 bits per heavy atom. The molecule has 1 aromatic rings. The zero-order valence-corrected chi connectivity index (χ0v) is 13.2. The lowest BCUT2D eigenvalue weighted by Gasteiger charge is -2.28. The maximum atomic E-state index is 12.7. The van der Waals surface area contributed by atoms with E-state index >= 15 is 0 Å². The highest BCUT2D eigenvalue weighted by molar-refractivity contribution is 7.08. The Bertz CT molecular complexity index is 570. The second kappa shape index (κ2) is 5.66. The number of likely N-dealkylation sites (tertiary alicyclic amines) is 1. The predicted molar refractivity (Wildman–Crippen MR) is 82.8 cm³/mol. The Morgan fingerprint density at radius 3 is 2.86 bits per heavy atom. The molecule has 0 radical (unpaired) electrons. The molecule has 2 amide bonds. The zero-order valence-electron chi connectivity index (χ0n) is 12.4. The van der Waals surface area contributed by atoms with E-state index in [2.05, 4.69) is 5.32 Å². The molecule has 3 aliphatic rings. The second-order valence-electron chi connectivity index (χ2n) is 6.40. The summed E-state index contributed by atoms with van der Waals surface area (Å²) >= 11 is 1.52. The van der Waals surface area contributed by atoms with Gasteiger partial charge in [-0.25, -0.2) is 0 Å². The third-order valence-electron chi connectivity index (χ3n) is 5.11. The number of rotatable bonds is 3. The van der Waals surface area contributed by atoms with Gasteiger partial charge < -0.3 is 15.0 Å². The number of amides is 2. The number of carbonyl (C=O) groups is 2. The summed E-state index contributed by atoms with van der Waals surface area (Å²) in [5.41, 5.74) is 0.718. The first-order chi connectivity index (χ1) is 10.7. The highest BCUT2D eigenvalue weighted by Crippen LogP contribution is 2.35. The van der Waals surface area contributed by atoms with Crippen LogP contribution in [0.15, 0.2) is 16.8 Å². The fourth-order valence-electron chi connectivity index (χ4n) is 3.65. The summed E-state index contributed by atoms with van der Waals surface area (Å²) < 4.78 is 5.79. The van der Waals surface area contributed by atoms with Gasteiger partial charge in [-0.2, -0.15) is 11.3 Å². The van der Waals surface area contributed by atoms with Crippen LogP contribution in [0.5, 0.6) is 0 Å². The van der Waals surface area contributed by atoms with E-state index in [9.17, 15) is 9.59 Å². The first-order valence-electron chi connectivity index (χ1n) is 7.99. The topological polar surface area (TPSA) is 58.6 Å². The number of carbonyl (C=O) groups excluding carboxylic acids is 2. The fraction of sp³-hybridized carbons (Fsp3) is 0.625. The fourth-order valence-corrected chi connectivity index (χ4v) is 4.28. The second-order valence-corrected chi connectivity index (χ2v) is 7.18.